The SMILES string of the molecule is COc1ccc(C(=O)Nc2ccsc2)cc1Br. The van der Waals surface area contributed by atoms with Crippen LogP contribution in [0.1, 0.15) is 10.4 Å². The lowest BCUT2D eigenvalue weighted by Gasteiger charge is -2.06. The summed E-state index contributed by atoms with van der Waals surface area (Å²) in [4.78, 5) is 11.9. The Labute approximate surface area is 112 Å². The van der Waals surface area contributed by atoms with Gasteiger partial charge < -0.3 is 10.1 Å². The van der Waals surface area contributed by atoms with Crippen LogP contribution in [-0.4, -0.2) is 13.0 Å². The number of thiophene rings is 1. The molecule has 0 saturated heterocycles. The Kier molecular flexibility index (Phi) is 3.81. The fourth-order valence-corrected chi connectivity index (χ4v) is 2.47. The molecule has 0 bridgehead atoms. The number of nitrogens with one attached hydrogen (secondary N) is 1. The molecule has 0 spiro atoms. The largest absolute Gasteiger partial charge is 0.496 e. The maximum atomic E-state index is 11.9. The number of rotatable bonds is 3. The standard InChI is InChI=1S/C12H10BrNO2S/c1-16-11-3-2-8(6-10(11)13)12(15)14-9-4-5-17-7-9/h2-7H,1H3,(H,14,15). The molecule has 1 N–H and O–H groups in total. The molecule has 0 radical (unpaired) electrons. The van der Waals surface area contributed by atoms with Crippen molar-refractivity contribution in [1.82, 2.24) is 0 Å². The molecule has 5 heteroatoms. The molecular formula is C12H10BrNO2S. The number of ether oxygens (including phenoxy) is 1. The van der Waals surface area contributed by atoms with Gasteiger partial charge in [-0.15, -0.1) is 0 Å². The van der Waals surface area contributed by atoms with Gasteiger partial charge in [0, 0.05) is 10.9 Å². The van der Waals surface area contributed by atoms with Crippen LogP contribution in [0, 0.1) is 0 Å². The number of halogens is 1. The second kappa shape index (κ2) is 5.33. The highest BCUT2D eigenvalue weighted by Crippen LogP contribution is 2.26. The zero-order chi connectivity index (χ0) is 12.3. The minimum absolute atomic E-state index is 0.133. The van der Waals surface area contributed by atoms with E-state index >= 15 is 0 Å². The molecule has 1 aromatic carbocycles. The third kappa shape index (κ3) is 2.87. The van der Waals surface area contributed by atoms with Crippen LogP contribution in [0.2, 0.25) is 0 Å². The van der Waals surface area contributed by atoms with E-state index in [2.05, 4.69) is 21.2 Å². The van der Waals surface area contributed by atoms with E-state index in [-0.39, 0.29) is 5.91 Å². The zero-order valence-corrected chi connectivity index (χ0v) is 11.5. The number of carbonyl (C=O) groups excluding carboxylic acids is 1. The molecule has 2 rings (SSSR count). The number of benzene rings is 1. The molecule has 2 aromatic rings. The number of hydrogen-bond acceptors (Lipinski definition) is 3. The summed E-state index contributed by atoms with van der Waals surface area (Å²) >= 11 is 4.89. The molecule has 0 aliphatic rings. The van der Waals surface area contributed by atoms with Crippen molar-refractivity contribution in [2.75, 3.05) is 12.4 Å². The van der Waals surface area contributed by atoms with Crippen molar-refractivity contribution < 1.29 is 9.53 Å². The van der Waals surface area contributed by atoms with Crippen LogP contribution < -0.4 is 10.1 Å². The van der Waals surface area contributed by atoms with Crippen LogP contribution in [0.25, 0.3) is 0 Å². The fraction of sp³-hybridized carbons (Fsp3) is 0.0833. The molecule has 3 nitrogen and oxygen atoms in total. The summed E-state index contributed by atoms with van der Waals surface area (Å²) in [6.07, 6.45) is 0. The van der Waals surface area contributed by atoms with Gasteiger partial charge in [0.05, 0.1) is 17.3 Å². The summed E-state index contributed by atoms with van der Waals surface area (Å²) in [5.74, 6) is 0.573. The summed E-state index contributed by atoms with van der Waals surface area (Å²) in [5, 5.41) is 6.61. The molecule has 1 amide bonds. The van der Waals surface area contributed by atoms with Crippen molar-refractivity contribution in [3.05, 3.63) is 45.1 Å². The number of methoxy groups -OCH3 is 1. The van der Waals surface area contributed by atoms with E-state index in [1.54, 1.807) is 36.6 Å². The monoisotopic (exact) mass is 311 g/mol. The predicted octanol–water partition coefficient (Wildman–Crippen LogP) is 3.77. The van der Waals surface area contributed by atoms with E-state index in [1.165, 1.54) is 0 Å². The van der Waals surface area contributed by atoms with Crippen molar-refractivity contribution in [2.45, 2.75) is 0 Å². The zero-order valence-electron chi connectivity index (χ0n) is 9.07. The molecular weight excluding hydrogens is 302 g/mol. The van der Waals surface area contributed by atoms with Crippen molar-refractivity contribution in [1.29, 1.82) is 0 Å². The molecule has 0 aliphatic heterocycles. The average molecular weight is 312 g/mol. The average Bonchev–Trinajstić information content (AvgIpc) is 2.81. The molecule has 0 unspecified atom stereocenters. The van der Waals surface area contributed by atoms with Gasteiger partial charge in [-0.05, 0) is 45.6 Å². The Morgan fingerprint density at radius 1 is 1.41 bits per heavy atom. The highest BCUT2D eigenvalue weighted by molar-refractivity contribution is 9.10. The Morgan fingerprint density at radius 3 is 2.82 bits per heavy atom. The Bertz CT molecular complexity index is 525. The van der Waals surface area contributed by atoms with Gasteiger partial charge in [-0.1, -0.05) is 0 Å². The quantitative estimate of drug-likeness (QED) is 0.937. The van der Waals surface area contributed by atoms with E-state index in [1.807, 2.05) is 16.8 Å². The maximum Gasteiger partial charge on any atom is 0.255 e. The van der Waals surface area contributed by atoms with Gasteiger partial charge in [0.25, 0.3) is 5.91 Å². The molecule has 1 aromatic heterocycles. The van der Waals surface area contributed by atoms with Gasteiger partial charge in [-0.2, -0.15) is 11.3 Å². The molecule has 0 atom stereocenters. The first-order valence-corrected chi connectivity index (χ1v) is 6.61. The van der Waals surface area contributed by atoms with E-state index < -0.39 is 0 Å². The highest BCUT2D eigenvalue weighted by Gasteiger charge is 2.09. The lowest BCUT2D eigenvalue weighted by Crippen LogP contribution is -2.11. The van der Waals surface area contributed by atoms with Gasteiger partial charge in [-0.3, -0.25) is 4.79 Å². The van der Waals surface area contributed by atoms with Gasteiger partial charge >= 0.3 is 0 Å². The first-order chi connectivity index (χ1) is 8.20. The summed E-state index contributed by atoms with van der Waals surface area (Å²) < 4.78 is 5.87. The Hall–Kier alpha value is -1.33. The van der Waals surface area contributed by atoms with Crippen LogP contribution >= 0.6 is 27.3 Å². The minimum Gasteiger partial charge on any atom is -0.496 e. The molecule has 1 heterocycles. The molecule has 88 valence electrons. The molecule has 17 heavy (non-hydrogen) atoms. The first kappa shape index (κ1) is 12.1. The summed E-state index contributed by atoms with van der Waals surface area (Å²) in [6, 6.07) is 7.08. The summed E-state index contributed by atoms with van der Waals surface area (Å²) in [6.45, 7) is 0. The van der Waals surface area contributed by atoms with Crippen LogP contribution in [0.3, 0.4) is 0 Å². The topological polar surface area (TPSA) is 38.3 Å². The van der Waals surface area contributed by atoms with E-state index in [0.717, 1.165) is 10.2 Å². The smallest absolute Gasteiger partial charge is 0.255 e. The summed E-state index contributed by atoms with van der Waals surface area (Å²) in [7, 11) is 1.59. The molecule has 0 saturated carbocycles. The van der Waals surface area contributed by atoms with Gasteiger partial charge in [0.2, 0.25) is 0 Å². The second-order valence-corrected chi connectivity index (χ2v) is 4.95. The van der Waals surface area contributed by atoms with Gasteiger partial charge in [0.15, 0.2) is 0 Å². The normalized spacial score (nSPS) is 10.0. The lowest BCUT2D eigenvalue weighted by atomic mass is 10.2. The number of hydrogen-bond donors (Lipinski definition) is 1. The van der Waals surface area contributed by atoms with Crippen molar-refractivity contribution >= 4 is 38.9 Å². The Balaban J connectivity index is 2.17. The lowest BCUT2D eigenvalue weighted by molar-refractivity contribution is 0.102. The van der Waals surface area contributed by atoms with E-state index in [0.29, 0.717) is 11.3 Å². The van der Waals surface area contributed by atoms with Crippen LogP contribution in [0.15, 0.2) is 39.5 Å². The van der Waals surface area contributed by atoms with Crippen molar-refractivity contribution in [3.8, 4) is 5.75 Å². The van der Waals surface area contributed by atoms with Crippen LogP contribution in [0.4, 0.5) is 5.69 Å². The number of anilines is 1. The molecule has 0 aliphatic carbocycles. The third-order valence-electron chi connectivity index (χ3n) is 2.19. The van der Waals surface area contributed by atoms with E-state index in [4.69, 9.17) is 4.74 Å². The Morgan fingerprint density at radius 2 is 2.24 bits per heavy atom. The highest BCUT2D eigenvalue weighted by atomic mass is 79.9. The fourth-order valence-electron chi connectivity index (χ4n) is 1.35. The molecule has 0 fully saturated rings. The van der Waals surface area contributed by atoms with Gasteiger partial charge in [-0.25, -0.2) is 0 Å². The van der Waals surface area contributed by atoms with E-state index in [9.17, 15) is 4.79 Å². The number of carbonyl (C=O) groups is 1. The van der Waals surface area contributed by atoms with Crippen LogP contribution in [-0.2, 0) is 0 Å². The summed E-state index contributed by atoms with van der Waals surface area (Å²) in [5.41, 5.74) is 1.40. The minimum atomic E-state index is -0.133. The second-order valence-electron chi connectivity index (χ2n) is 3.32. The van der Waals surface area contributed by atoms with Crippen molar-refractivity contribution in [2.24, 2.45) is 0 Å². The van der Waals surface area contributed by atoms with Crippen molar-refractivity contribution in [3.63, 3.8) is 0 Å². The first-order valence-electron chi connectivity index (χ1n) is 4.88. The third-order valence-corrected chi connectivity index (χ3v) is 3.50. The number of amides is 1. The van der Waals surface area contributed by atoms with Crippen LogP contribution in [0.5, 0.6) is 5.75 Å². The van der Waals surface area contributed by atoms with Gasteiger partial charge in [0.1, 0.15) is 5.75 Å². The predicted molar refractivity (Wildman–Crippen MR) is 73.0 cm³/mol. The maximum absolute atomic E-state index is 11.9.